The molecule has 2 unspecified atom stereocenters. The number of carbonyl (C=O) groups is 1. The average Bonchev–Trinajstić information content (AvgIpc) is 3.41. The smallest absolute Gasteiger partial charge is 0.220 e. The molecule has 0 saturated carbocycles. The second-order valence-electron chi connectivity index (χ2n) is 20.7. The Hall–Kier alpha value is -3.73. The molecule has 2 atom stereocenters. The zero-order valence-electron chi connectivity index (χ0n) is 49.0. The van der Waals surface area contributed by atoms with Crippen molar-refractivity contribution in [3.8, 4) is 0 Å². The van der Waals surface area contributed by atoms with Crippen LogP contribution in [0.1, 0.15) is 277 Å². The van der Waals surface area contributed by atoms with Gasteiger partial charge in [0.1, 0.15) is 0 Å². The molecule has 0 spiro atoms. The van der Waals surface area contributed by atoms with Crippen LogP contribution in [-0.2, 0) is 4.79 Å². The van der Waals surface area contributed by atoms with Crippen molar-refractivity contribution < 1.29 is 15.0 Å². The van der Waals surface area contributed by atoms with E-state index in [2.05, 4.69) is 153 Å². The van der Waals surface area contributed by atoms with Gasteiger partial charge >= 0.3 is 0 Å². The van der Waals surface area contributed by atoms with Gasteiger partial charge in [0.15, 0.2) is 0 Å². The summed E-state index contributed by atoms with van der Waals surface area (Å²) >= 11 is 0. The van der Waals surface area contributed by atoms with Gasteiger partial charge in [0.2, 0.25) is 5.91 Å². The third-order valence-electron chi connectivity index (χ3n) is 13.6. The van der Waals surface area contributed by atoms with E-state index in [4.69, 9.17) is 0 Å². The molecule has 426 valence electrons. The fraction of sp³-hybridized carbons (Fsp3) is 0.648. The molecule has 0 bridgehead atoms. The molecule has 0 aliphatic heterocycles. The van der Waals surface area contributed by atoms with Gasteiger partial charge in [0.05, 0.1) is 18.8 Å². The summed E-state index contributed by atoms with van der Waals surface area (Å²) < 4.78 is 0. The number of rotatable bonds is 56. The van der Waals surface area contributed by atoms with Crippen molar-refractivity contribution in [3.63, 3.8) is 0 Å². The average molecular weight is 1030 g/mol. The number of unbranched alkanes of at least 4 members (excludes halogenated alkanes) is 27. The highest BCUT2D eigenvalue weighted by Crippen LogP contribution is 2.16. The fourth-order valence-electron chi connectivity index (χ4n) is 8.81. The Morgan fingerprint density at radius 1 is 0.333 bits per heavy atom. The Bertz CT molecular complexity index is 1550. The summed E-state index contributed by atoms with van der Waals surface area (Å²) in [6.07, 6.45) is 102. The number of carbonyl (C=O) groups excluding carboxylic acids is 1. The minimum absolute atomic E-state index is 0.102. The van der Waals surface area contributed by atoms with Crippen molar-refractivity contribution in [1.29, 1.82) is 0 Å². The molecule has 0 fully saturated rings. The van der Waals surface area contributed by atoms with Gasteiger partial charge < -0.3 is 15.5 Å². The van der Waals surface area contributed by atoms with Gasteiger partial charge in [0.25, 0.3) is 0 Å². The third kappa shape index (κ3) is 61.0. The zero-order chi connectivity index (χ0) is 54.1. The van der Waals surface area contributed by atoms with Crippen LogP contribution in [0, 0.1) is 0 Å². The summed E-state index contributed by atoms with van der Waals surface area (Å²) in [4.78, 5) is 12.5. The maximum atomic E-state index is 12.5. The van der Waals surface area contributed by atoms with Crippen molar-refractivity contribution in [2.24, 2.45) is 0 Å². The van der Waals surface area contributed by atoms with E-state index in [0.29, 0.717) is 6.42 Å². The monoisotopic (exact) mass is 1030 g/mol. The molecule has 4 heteroatoms. The van der Waals surface area contributed by atoms with E-state index >= 15 is 0 Å². The first-order chi connectivity index (χ1) is 37.2. The molecule has 0 saturated heterocycles. The van der Waals surface area contributed by atoms with Crippen LogP contribution in [0.25, 0.3) is 0 Å². The van der Waals surface area contributed by atoms with E-state index in [-0.39, 0.29) is 12.5 Å². The molecule has 75 heavy (non-hydrogen) atoms. The number of hydrogen-bond donors (Lipinski definition) is 3. The van der Waals surface area contributed by atoms with Crippen LogP contribution in [0.5, 0.6) is 0 Å². The van der Waals surface area contributed by atoms with Gasteiger partial charge in [-0.25, -0.2) is 0 Å². The van der Waals surface area contributed by atoms with Crippen LogP contribution < -0.4 is 5.32 Å². The molecule has 3 N–H and O–H groups in total. The first-order valence-corrected chi connectivity index (χ1v) is 31.5. The quantitative estimate of drug-likeness (QED) is 0.0420. The van der Waals surface area contributed by atoms with Gasteiger partial charge in [-0.3, -0.25) is 4.79 Å². The first kappa shape index (κ1) is 71.3. The number of nitrogens with one attached hydrogen (secondary N) is 1. The lowest BCUT2D eigenvalue weighted by Crippen LogP contribution is -2.45. The summed E-state index contributed by atoms with van der Waals surface area (Å²) in [6.45, 7) is 4.18. The highest BCUT2D eigenvalue weighted by Gasteiger charge is 2.18. The first-order valence-electron chi connectivity index (χ1n) is 31.5. The molecular weight excluding hydrogens is 915 g/mol. The molecule has 0 rings (SSSR count). The molecule has 0 aromatic heterocycles. The van der Waals surface area contributed by atoms with Crippen LogP contribution >= 0.6 is 0 Å². The van der Waals surface area contributed by atoms with Crippen molar-refractivity contribution in [2.75, 3.05) is 6.61 Å². The fourth-order valence-corrected chi connectivity index (χ4v) is 8.81. The molecule has 0 radical (unpaired) electrons. The second kappa shape index (κ2) is 64.6. The summed E-state index contributed by atoms with van der Waals surface area (Å²) in [6, 6.07) is -0.666. The van der Waals surface area contributed by atoms with E-state index in [1.54, 1.807) is 6.08 Å². The molecular formula is C71H119NO3. The van der Waals surface area contributed by atoms with E-state index in [9.17, 15) is 15.0 Å². The minimum atomic E-state index is -0.886. The maximum Gasteiger partial charge on any atom is 0.220 e. The third-order valence-corrected chi connectivity index (χ3v) is 13.6. The standard InChI is InChI=1S/C71H119NO3/c1-3-5-7-9-11-13-15-17-19-21-23-25-27-29-31-33-34-35-36-37-38-39-41-43-45-47-49-51-53-55-57-59-61-63-65-67-71(75)72-69(68-73)70(74)66-64-62-60-58-56-54-52-50-48-46-44-42-40-32-30-28-26-24-22-20-18-16-14-12-10-8-6-4-2/h5,7,11,13,17,19,23,25,29,31,34-35,37-38,41,43,47,49,53,55-56,58,64,66,69-70,73-74H,3-4,6,8-10,12,14-16,18,20-22,24,26-28,30,32-33,36,39-40,42,44-46,48,50-52,54,57,59-63,65,67-68H2,1-2H3,(H,72,75)/b7-5-,13-11-,19-17-,25-23-,31-29-,35-34-,38-37-,43-41-,49-47-,55-53-,58-56+,66-64+. The zero-order valence-corrected chi connectivity index (χ0v) is 49.0. The number of allylic oxidation sites excluding steroid dienone is 23. The molecule has 0 heterocycles. The number of hydrogen-bond acceptors (Lipinski definition) is 3. The summed E-state index contributed by atoms with van der Waals surface area (Å²) in [7, 11) is 0. The van der Waals surface area contributed by atoms with Crippen LogP contribution in [0.15, 0.2) is 146 Å². The molecule has 0 aliphatic carbocycles. The summed E-state index contributed by atoms with van der Waals surface area (Å²) in [5.41, 5.74) is 0. The predicted molar refractivity (Wildman–Crippen MR) is 335 cm³/mol. The normalized spacial score (nSPS) is 13.8. The van der Waals surface area contributed by atoms with E-state index in [1.807, 2.05) is 6.08 Å². The SMILES string of the molecule is CC/C=C\C/C=C\C/C=C\C/C=C\C/C=C\C/C=C\C/C=C\C/C=C\C/C=C\C/C=C\CCCCCCC(=O)NC(CO)C(O)/C=C/CC/C=C/CCCCCCCCCCCCCCCCCCCCCCCC. The van der Waals surface area contributed by atoms with Crippen LogP contribution in [-0.4, -0.2) is 34.9 Å². The topological polar surface area (TPSA) is 69.6 Å². The van der Waals surface area contributed by atoms with E-state index in [0.717, 1.165) is 116 Å². The Morgan fingerprint density at radius 3 is 0.933 bits per heavy atom. The van der Waals surface area contributed by atoms with Crippen LogP contribution in [0.2, 0.25) is 0 Å². The van der Waals surface area contributed by atoms with Crippen LogP contribution in [0.4, 0.5) is 0 Å². The number of aliphatic hydroxyl groups excluding tert-OH is 2. The van der Waals surface area contributed by atoms with Gasteiger partial charge in [-0.15, -0.1) is 0 Å². The van der Waals surface area contributed by atoms with E-state index < -0.39 is 12.1 Å². The van der Waals surface area contributed by atoms with Gasteiger partial charge in [-0.2, -0.15) is 0 Å². The Balaban J connectivity index is 3.67. The van der Waals surface area contributed by atoms with Crippen LogP contribution in [0.3, 0.4) is 0 Å². The van der Waals surface area contributed by atoms with Gasteiger partial charge in [0, 0.05) is 6.42 Å². The summed E-state index contributed by atoms with van der Waals surface area (Å²) in [5.74, 6) is -0.102. The Labute approximate surface area is 465 Å². The lowest BCUT2D eigenvalue weighted by Gasteiger charge is -2.19. The van der Waals surface area contributed by atoms with E-state index in [1.165, 1.54) is 141 Å². The maximum absolute atomic E-state index is 12.5. The molecule has 1 amide bonds. The van der Waals surface area contributed by atoms with Crippen molar-refractivity contribution >= 4 is 5.91 Å². The Morgan fingerprint density at radius 2 is 0.600 bits per heavy atom. The van der Waals surface area contributed by atoms with Gasteiger partial charge in [-0.05, 0) is 109 Å². The number of amides is 1. The van der Waals surface area contributed by atoms with Crippen molar-refractivity contribution in [2.45, 2.75) is 289 Å². The molecule has 0 aromatic carbocycles. The number of aliphatic hydroxyl groups is 2. The Kier molecular flexibility index (Phi) is 61.3. The van der Waals surface area contributed by atoms with Crippen molar-refractivity contribution in [3.05, 3.63) is 146 Å². The van der Waals surface area contributed by atoms with Gasteiger partial charge in [-0.1, -0.05) is 307 Å². The second-order valence-corrected chi connectivity index (χ2v) is 20.7. The van der Waals surface area contributed by atoms with Crippen molar-refractivity contribution in [1.82, 2.24) is 5.32 Å². The highest BCUT2D eigenvalue weighted by atomic mass is 16.3. The largest absolute Gasteiger partial charge is 0.394 e. The lowest BCUT2D eigenvalue weighted by molar-refractivity contribution is -0.123. The summed E-state index contributed by atoms with van der Waals surface area (Å²) in [5, 5.41) is 23.2. The molecule has 4 nitrogen and oxygen atoms in total. The minimum Gasteiger partial charge on any atom is -0.394 e. The predicted octanol–water partition coefficient (Wildman–Crippen LogP) is 21.5. The highest BCUT2D eigenvalue weighted by molar-refractivity contribution is 5.76. The molecule has 0 aromatic rings. The lowest BCUT2D eigenvalue weighted by atomic mass is 10.0. The molecule has 0 aliphatic rings.